The van der Waals surface area contributed by atoms with E-state index in [0.29, 0.717) is 5.69 Å². The molecule has 0 bridgehead atoms. The SMILES string of the molecule is CN=C(NCCCN1CCN(c2ccccc2F)CC1)NC(C)c1ccc(C)o1.I. The van der Waals surface area contributed by atoms with Crippen molar-refractivity contribution in [3.63, 3.8) is 0 Å². The first-order valence-electron chi connectivity index (χ1n) is 10.3. The molecular formula is C22H33FIN5O. The Bertz CT molecular complexity index is 804. The van der Waals surface area contributed by atoms with Gasteiger partial charge in [-0.15, -0.1) is 24.0 Å². The van der Waals surface area contributed by atoms with Crippen molar-refractivity contribution in [2.75, 3.05) is 51.2 Å². The summed E-state index contributed by atoms with van der Waals surface area (Å²) in [5.74, 6) is 2.45. The van der Waals surface area contributed by atoms with Gasteiger partial charge in [0.1, 0.15) is 17.3 Å². The first-order valence-corrected chi connectivity index (χ1v) is 10.3. The van der Waals surface area contributed by atoms with E-state index in [2.05, 4.69) is 32.3 Å². The summed E-state index contributed by atoms with van der Waals surface area (Å²) in [5.41, 5.74) is 0.713. The van der Waals surface area contributed by atoms with Crippen LogP contribution in [0.1, 0.15) is 30.9 Å². The van der Waals surface area contributed by atoms with E-state index >= 15 is 0 Å². The first kappa shape index (κ1) is 24.5. The van der Waals surface area contributed by atoms with E-state index in [1.165, 1.54) is 6.07 Å². The van der Waals surface area contributed by atoms with Gasteiger partial charge in [-0.05, 0) is 51.1 Å². The molecule has 1 aliphatic heterocycles. The molecule has 2 heterocycles. The van der Waals surface area contributed by atoms with Crippen LogP contribution >= 0.6 is 24.0 Å². The summed E-state index contributed by atoms with van der Waals surface area (Å²) in [6.45, 7) is 9.49. The zero-order valence-electron chi connectivity index (χ0n) is 18.0. The molecule has 0 saturated carbocycles. The highest BCUT2D eigenvalue weighted by Gasteiger charge is 2.19. The Morgan fingerprint density at radius 2 is 1.90 bits per heavy atom. The lowest BCUT2D eigenvalue weighted by Crippen LogP contribution is -2.47. The minimum absolute atomic E-state index is 0. The van der Waals surface area contributed by atoms with Gasteiger partial charge in [0.15, 0.2) is 5.96 Å². The second-order valence-corrected chi connectivity index (χ2v) is 7.45. The van der Waals surface area contributed by atoms with Gasteiger partial charge in [-0.3, -0.25) is 9.89 Å². The van der Waals surface area contributed by atoms with Crippen molar-refractivity contribution in [3.05, 3.63) is 53.7 Å². The monoisotopic (exact) mass is 529 g/mol. The lowest BCUT2D eigenvalue weighted by Gasteiger charge is -2.36. The fourth-order valence-electron chi connectivity index (χ4n) is 3.59. The summed E-state index contributed by atoms with van der Waals surface area (Å²) in [6.07, 6.45) is 1.02. The number of furan rings is 1. The Kier molecular flexibility index (Phi) is 9.90. The zero-order chi connectivity index (χ0) is 20.6. The lowest BCUT2D eigenvalue weighted by molar-refractivity contribution is 0.254. The van der Waals surface area contributed by atoms with Crippen LogP contribution in [-0.4, -0.2) is 57.2 Å². The summed E-state index contributed by atoms with van der Waals surface area (Å²) < 4.78 is 19.6. The molecule has 0 aliphatic carbocycles. The molecule has 2 N–H and O–H groups in total. The minimum atomic E-state index is -0.136. The predicted molar refractivity (Wildman–Crippen MR) is 131 cm³/mol. The van der Waals surface area contributed by atoms with Crippen molar-refractivity contribution in [3.8, 4) is 0 Å². The van der Waals surface area contributed by atoms with E-state index in [9.17, 15) is 4.39 Å². The van der Waals surface area contributed by atoms with Crippen LogP contribution in [-0.2, 0) is 0 Å². The zero-order valence-corrected chi connectivity index (χ0v) is 20.4. The van der Waals surface area contributed by atoms with Crippen molar-refractivity contribution in [1.29, 1.82) is 0 Å². The number of hydrogen-bond acceptors (Lipinski definition) is 4. The Morgan fingerprint density at radius 1 is 1.17 bits per heavy atom. The van der Waals surface area contributed by atoms with Gasteiger partial charge in [0.05, 0.1) is 11.7 Å². The molecule has 166 valence electrons. The number of aliphatic imine (C=N–C) groups is 1. The largest absolute Gasteiger partial charge is 0.464 e. The quantitative estimate of drug-likeness (QED) is 0.248. The molecule has 1 fully saturated rings. The van der Waals surface area contributed by atoms with Crippen molar-refractivity contribution in [2.45, 2.75) is 26.3 Å². The van der Waals surface area contributed by atoms with Crippen molar-refractivity contribution < 1.29 is 8.81 Å². The summed E-state index contributed by atoms with van der Waals surface area (Å²) in [6, 6.07) is 11.0. The Hall–Kier alpha value is -1.81. The highest BCUT2D eigenvalue weighted by atomic mass is 127. The second kappa shape index (κ2) is 12.1. The third-order valence-electron chi connectivity index (χ3n) is 5.27. The fourth-order valence-corrected chi connectivity index (χ4v) is 3.59. The molecule has 1 saturated heterocycles. The van der Waals surface area contributed by atoms with E-state index in [-0.39, 0.29) is 35.8 Å². The molecule has 1 atom stereocenters. The number of aryl methyl sites for hydroxylation is 1. The molecule has 0 radical (unpaired) electrons. The van der Waals surface area contributed by atoms with Crippen LogP contribution in [0.5, 0.6) is 0 Å². The van der Waals surface area contributed by atoms with E-state index in [1.807, 2.05) is 31.2 Å². The van der Waals surface area contributed by atoms with Crippen LogP contribution in [0.25, 0.3) is 0 Å². The fraction of sp³-hybridized carbons (Fsp3) is 0.500. The number of para-hydroxylation sites is 1. The van der Waals surface area contributed by atoms with Crippen molar-refractivity contribution in [2.24, 2.45) is 4.99 Å². The molecule has 8 heteroatoms. The van der Waals surface area contributed by atoms with Gasteiger partial charge < -0.3 is 20.0 Å². The number of piperazine rings is 1. The molecule has 1 aromatic carbocycles. The van der Waals surface area contributed by atoms with Gasteiger partial charge in [0, 0.05) is 39.8 Å². The van der Waals surface area contributed by atoms with Gasteiger partial charge in [0.2, 0.25) is 0 Å². The Labute approximate surface area is 195 Å². The topological polar surface area (TPSA) is 56.0 Å². The number of guanidine groups is 1. The lowest BCUT2D eigenvalue weighted by atomic mass is 10.2. The van der Waals surface area contributed by atoms with Crippen LogP contribution in [0, 0.1) is 12.7 Å². The average molecular weight is 529 g/mol. The van der Waals surface area contributed by atoms with Crippen LogP contribution in [0.3, 0.4) is 0 Å². The summed E-state index contributed by atoms with van der Waals surface area (Å²) in [5, 5.41) is 6.72. The molecule has 0 spiro atoms. The van der Waals surface area contributed by atoms with Crippen LogP contribution in [0.15, 0.2) is 45.8 Å². The third kappa shape index (κ3) is 6.87. The van der Waals surface area contributed by atoms with Crippen LogP contribution < -0.4 is 15.5 Å². The standard InChI is InChI=1S/C22H32FN5O.HI/c1-17-9-10-21(29-17)18(2)26-22(24-3)25-11-6-12-27-13-15-28(16-14-27)20-8-5-4-7-19(20)23;/h4-5,7-10,18H,6,11-16H2,1-3H3,(H2,24,25,26);1H. The number of nitrogens with zero attached hydrogens (tertiary/aromatic N) is 3. The van der Waals surface area contributed by atoms with Crippen LogP contribution in [0.4, 0.5) is 10.1 Å². The van der Waals surface area contributed by atoms with Gasteiger partial charge in [-0.1, -0.05) is 12.1 Å². The Balaban J connectivity index is 0.00000320. The molecule has 2 aromatic rings. The normalized spacial score (nSPS) is 16.1. The average Bonchev–Trinajstić information content (AvgIpc) is 3.17. The number of halogens is 2. The van der Waals surface area contributed by atoms with Crippen LogP contribution in [0.2, 0.25) is 0 Å². The smallest absolute Gasteiger partial charge is 0.191 e. The van der Waals surface area contributed by atoms with E-state index in [1.54, 1.807) is 13.1 Å². The van der Waals surface area contributed by atoms with Gasteiger partial charge in [-0.2, -0.15) is 0 Å². The van der Waals surface area contributed by atoms with Gasteiger partial charge >= 0.3 is 0 Å². The molecule has 0 amide bonds. The van der Waals surface area contributed by atoms with Gasteiger partial charge in [0.25, 0.3) is 0 Å². The molecular weight excluding hydrogens is 496 g/mol. The van der Waals surface area contributed by atoms with Crippen molar-refractivity contribution >= 4 is 35.6 Å². The minimum Gasteiger partial charge on any atom is -0.464 e. The van der Waals surface area contributed by atoms with E-state index in [0.717, 1.165) is 63.2 Å². The number of hydrogen-bond donors (Lipinski definition) is 2. The summed E-state index contributed by atoms with van der Waals surface area (Å²) >= 11 is 0. The highest BCUT2D eigenvalue weighted by molar-refractivity contribution is 14.0. The maximum Gasteiger partial charge on any atom is 0.191 e. The summed E-state index contributed by atoms with van der Waals surface area (Å²) in [7, 11) is 1.78. The first-order chi connectivity index (χ1) is 14.1. The Morgan fingerprint density at radius 3 is 2.53 bits per heavy atom. The summed E-state index contributed by atoms with van der Waals surface area (Å²) in [4.78, 5) is 8.86. The molecule has 1 aromatic heterocycles. The molecule has 3 rings (SSSR count). The van der Waals surface area contributed by atoms with E-state index in [4.69, 9.17) is 4.42 Å². The molecule has 1 unspecified atom stereocenters. The molecule has 30 heavy (non-hydrogen) atoms. The molecule has 1 aliphatic rings. The third-order valence-corrected chi connectivity index (χ3v) is 5.27. The second-order valence-electron chi connectivity index (χ2n) is 7.45. The van der Waals surface area contributed by atoms with Gasteiger partial charge in [-0.25, -0.2) is 4.39 Å². The van der Waals surface area contributed by atoms with Crippen molar-refractivity contribution in [1.82, 2.24) is 15.5 Å². The number of rotatable bonds is 7. The molecule has 6 nitrogen and oxygen atoms in total. The maximum absolute atomic E-state index is 13.9. The highest BCUT2D eigenvalue weighted by Crippen LogP contribution is 2.20. The van der Waals surface area contributed by atoms with E-state index < -0.39 is 0 Å². The number of nitrogens with one attached hydrogen (secondary N) is 2. The maximum atomic E-state index is 13.9. The number of anilines is 1. The predicted octanol–water partition coefficient (Wildman–Crippen LogP) is 3.78. The number of benzene rings is 1.